The maximum absolute atomic E-state index is 11.8. The molecule has 0 amide bonds. The van der Waals surface area contributed by atoms with Gasteiger partial charge >= 0.3 is 17.9 Å². The van der Waals surface area contributed by atoms with Gasteiger partial charge in [0, 0.05) is 5.57 Å². The first-order valence-electron chi connectivity index (χ1n) is 5.82. The highest BCUT2D eigenvalue weighted by Crippen LogP contribution is 2.12. The molecule has 20 heavy (non-hydrogen) atoms. The highest BCUT2D eigenvalue weighted by atomic mass is 17.2. The molecule has 0 atom stereocenters. The lowest BCUT2D eigenvalue weighted by Crippen LogP contribution is -2.16. The largest absolute Gasteiger partial charge is 0.462 e. The van der Waals surface area contributed by atoms with E-state index in [0.29, 0.717) is 0 Å². The van der Waals surface area contributed by atoms with Gasteiger partial charge in [0.05, 0.1) is 17.7 Å². The third-order valence-electron chi connectivity index (χ3n) is 2.18. The molecule has 0 aliphatic rings. The summed E-state index contributed by atoms with van der Waals surface area (Å²) in [5, 5.41) is 0. The Morgan fingerprint density at radius 2 is 1.60 bits per heavy atom. The summed E-state index contributed by atoms with van der Waals surface area (Å²) in [7, 11) is 0. The van der Waals surface area contributed by atoms with Gasteiger partial charge in [0.15, 0.2) is 0 Å². The molecule has 0 fully saturated rings. The molecule has 0 saturated heterocycles. The van der Waals surface area contributed by atoms with E-state index in [4.69, 9.17) is 4.74 Å². The zero-order valence-corrected chi connectivity index (χ0v) is 11.2. The van der Waals surface area contributed by atoms with Crippen molar-refractivity contribution < 1.29 is 28.9 Å². The first kappa shape index (κ1) is 15.4. The highest BCUT2D eigenvalue weighted by molar-refractivity contribution is 6.03. The third-order valence-corrected chi connectivity index (χ3v) is 2.18. The molecular weight excluding hydrogens is 264 g/mol. The summed E-state index contributed by atoms with van der Waals surface area (Å²) < 4.78 is 4.81. The molecular formula is C14H14O6. The standard InChI is InChI=1S/C14H14O6/c1-4-18-13(16)10-7-5-6-8-11(10)14(17)20-19-12(15)9(2)3/h5-8H,2,4H2,1,3H3. The molecule has 1 aromatic rings. The van der Waals surface area contributed by atoms with Crippen LogP contribution in [0.2, 0.25) is 0 Å². The van der Waals surface area contributed by atoms with Gasteiger partial charge in [-0.05, 0) is 26.0 Å². The Morgan fingerprint density at radius 3 is 2.10 bits per heavy atom. The molecule has 6 heteroatoms. The summed E-state index contributed by atoms with van der Waals surface area (Å²) in [5.74, 6) is -2.50. The summed E-state index contributed by atoms with van der Waals surface area (Å²) in [6.45, 7) is 6.56. The van der Waals surface area contributed by atoms with Crippen LogP contribution in [0.1, 0.15) is 34.6 Å². The second kappa shape index (κ2) is 7.08. The fourth-order valence-corrected chi connectivity index (χ4v) is 1.24. The van der Waals surface area contributed by atoms with Crippen molar-refractivity contribution in [2.45, 2.75) is 13.8 Å². The second-order valence-electron chi connectivity index (χ2n) is 3.79. The van der Waals surface area contributed by atoms with E-state index >= 15 is 0 Å². The molecule has 0 bridgehead atoms. The first-order valence-corrected chi connectivity index (χ1v) is 5.82. The molecule has 0 heterocycles. The fourth-order valence-electron chi connectivity index (χ4n) is 1.24. The summed E-state index contributed by atoms with van der Waals surface area (Å²) in [6.07, 6.45) is 0. The topological polar surface area (TPSA) is 78.9 Å². The van der Waals surface area contributed by atoms with Gasteiger partial charge in [0.25, 0.3) is 0 Å². The Hall–Kier alpha value is -2.63. The minimum Gasteiger partial charge on any atom is -0.462 e. The maximum Gasteiger partial charge on any atom is 0.387 e. The molecule has 0 aliphatic heterocycles. The van der Waals surface area contributed by atoms with Crippen molar-refractivity contribution in [3.63, 3.8) is 0 Å². The lowest BCUT2D eigenvalue weighted by atomic mass is 10.1. The van der Waals surface area contributed by atoms with Crippen LogP contribution >= 0.6 is 0 Å². The van der Waals surface area contributed by atoms with Crippen LogP contribution in [-0.2, 0) is 19.3 Å². The molecule has 0 spiro atoms. The van der Waals surface area contributed by atoms with Crippen LogP contribution < -0.4 is 0 Å². The molecule has 0 saturated carbocycles. The van der Waals surface area contributed by atoms with Crippen molar-refractivity contribution in [2.75, 3.05) is 6.61 Å². The quantitative estimate of drug-likeness (QED) is 0.363. The number of hydrogen-bond donors (Lipinski definition) is 0. The number of esters is 1. The molecule has 1 rings (SSSR count). The zero-order chi connectivity index (χ0) is 15.1. The predicted molar refractivity (Wildman–Crippen MR) is 68.7 cm³/mol. The van der Waals surface area contributed by atoms with Crippen LogP contribution in [-0.4, -0.2) is 24.5 Å². The van der Waals surface area contributed by atoms with Crippen molar-refractivity contribution >= 4 is 17.9 Å². The Balaban J connectivity index is 2.85. The van der Waals surface area contributed by atoms with Crippen LogP contribution in [0, 0.1) is 0 Å². The monoisotopic (exact) mass is 278 g/mol. The molecule has 1 aromatic carbocycles. The highest BCUT2D eigenvalue weighted by Gasteiger charge is 2.20. The lowest BCUT2D eigenvalue weighted by Gasteiger charge is -2.07. The van der Waals surface area contributed by atoms with Crippen LogP contribution in [0.5, 0.6) is 0 Å². The van der Waals surface area contributed by atoms with Crippen LogP contribution in [0.15, 0.2) is 36.4 Å². The molecule has 0 radical (unpaired) electrons. The maximum atomic E-state index is 11.8. The van der Waals surface area contributed by atoms with E-state index < -0.39 is 17.9 Å². The van der Waals surface area contributed by atoms with Gasteiger partial charge in [-0.15, -0.1) is 0 Å². The molecule has 0 aliphatic carbocycles. The van der Waals surface area contributed by atoms with Gasteiger partial charge in [-0.3, -0.25) is 0 Å². The SMILES string of the molecule is C=C(C)C(=O)OOC(=O)c1ccccc1C(=O)OCC. The van der Waals surface area contributed by atoms with Gasteiger partial charge in [-0.1, -0.05) is 18.7 Å². The van der Waals surface area contributed by atoms with E-state index in [0.717, 1.165) is 0 Å². The minimum absolute atomic E-state index is 0.0331. The average molecular weight is 278 g/mol. The van der Waals surface area contributed by atoms with Crippen molar-refractivity contribution in [2.24, 2.45) is 0 Å². The van der Waals surface area contributed by atoms with Gasteiger partial charge in [-0.25, -0.2) is 24.2 Å². The zero-order valence-electron chi connectivity index (χ0n) is 11.2. The molecule has 0 aromatic heterocycles. The Bertz CT molecular complexity index is 546. The Labute approximate surface area is 115 Å². The summed E-state index contributed by atoms with van der Waals surface area (Å²) in [5.41, 5.74) is 0.0580. The molecule has 0 N–H and O–H groups in total. The van der Waals surface area contributed by atoms with Crippen molar-refractivity contribution in [3.8, 4) is 0 Å². The van der Waals surface area contributed by atoms with E-state index in [-0.39, 0.29) is 23.3 Å². The van der Waals surface area contributed by atoms with E-state index in [2.05, 4.69) is 16.4 Å². The first-order chi connectivity index (χ1) is 9.47. The van der Waals surface area contributed by atoms with Gasteiger partial charge in [0.2, 0.25) is 0 Å². The van der Waals surface area contributed by atoms with Crippen LogP contribution in [0.4, 0.5) is 0 Å². The van der Waals surface area contributed by atoms with Gasteiger partial charge in [-0.2, -0.15) is 0 Å². The minimum atomic E-state index is -0.969. The Morgan fingerprint density at radius 1 is 1.05 bits per heavy atom. The summed E-state index contributed by atoms with van der Waals surface area (Å²) in [4.78, 5) is 43.2. The number of carbonyl (C=O) groups is 3. The van der Waals surface area contributed by atoms with Crippen molar-refractivity contribution in [3.05, 3.63) is 47.5 Å². The molecule has 106 valence electrons. The van der Waals surface area contributed by atoms with Crippen molar-refractivity contribution in [1.29, 1.82) is 0 Å². The van der Waals surface area contributed by atoms with E-state index in [9.17, 15) is 14.4 Å². The van der Waals surface area contributed by atoms with E-state index in [1.807, 2.05) is 0 Å². The summed E-state index contributed by atoms with van der Waals surface area (Å²) in [6, 6.07) is 5.89. The molecule has 6 nitrogen and oxygen atoms in total. The van der Waals surface area contributed by atoms with Crippen molar-refractivity contribution in [1.82, 2.24) is 0 Å². The average Bonchev–Trinajstić information content (AvgIpc) is 2.44. The predicted octanol–water partition coefficient (Wildman–Crippen LogP) is 2.05. The Kier molecular flexibility index (Phi) is 5.46. The van der Waals surface area contributed by atoms with E-state index in [1.165, 1.54) is 19.1 Å². The normalized spacial score (nSPS) is 9.50. The van der Waals surface area contributed by atoms with Gasteiger partial charge < -0.3 is 4.74 Å². The third kappa shape index (κ3) is 3.94. The molecule has 0 unspecified atom stereocenters. The summed E-state index contributed by atoms with van der Waals surface area (Å²) >= 11 is 0. The van der Waals surface area contributed by atoms with E-state index in [1.54, 1.807) is 19.1 Å². The number of carbonyl (C=O) groups excluding carboxylic acids is 3. The van der Waals surface area contributed by atoms with Crippen LogP contribution in [0.25, 0.3) is 0 Å². The van der Waals surface area contributed by atoms with Gasteiger partial charge in [0.1, 0.15) is 0 Å². The fraction of sp³-hybridized carbons (Fsp3) is 0.214. The lowest BCUT2D eigenvalue weighted by molar-refractivity contribution is -0.229. The van der Waals surface area contributed by atoms with Crippen LogP contribution in [0.3, 0.4) is 0 Å². The second-order valence-corrected chi connectivity index (χ2v) is 3.79. The smallest absolute Gasteiger partial charge is 0.387 e. The number of ether oxygens (including phenoxy) is 1. The number of hydrogen-bond acceptors (Lipinski definition) is 6. The number of benzene rings is 1. The number of rotatable bonds is 4.